The zero-order chi connectivity index (χ0) is 14.4. The van der Waals surface area contributed by atoms with Gasteiger partial charge < -0.3 is 14.7 Å². The molecule has 7 heteroatoms. The topological polar surface area (TPSA) is 62.7 Å². The second-order valence-corrected chi connectivity index (χ2v) is 4.11. The van der Waals surface area contributed by atoms with Gasteiger partial charge in [0.1, 0.15) is 18.1 Å². The zero-order valence-electron chi connectivity index (χ0n) is 10.7. The molecule has 0 aliphatic heterocycles. The van der Waals surface area contributed by atoms with Crippen molar-refractivity contribution in [2.24, 2.45) is 0 Å². The maximum absolute atomic E-state index is 12.0. The Morgan fingerprint density at radius 3 is 2.84 bits per heavy atom. The van der Waals surface area contributed by atoms with Crippen molar-refractivity contribution in [1.29, 1.82) is 0 Å². The number of hydrogen-bond acceptors (Lipinski definition) is 4. The molecular formula is C12H16F2N2O3. The van der Waals surface area contributed by atoms with Crippen molar-refractivity contribution in [2.45, 2.75) is 19.5 Å². The van der Waals surface area contributed by atoms with Gasteiger partial charge in [0.2, 0.25) is 0 Å². The fourth-order valence-electron chi connectivity index (χ4n) is 1.45. The van der Waals surface area contributed by atoms with Gasteiger partial charge in [-0.1, -0.05) is 0 Å². The van der Waals surface area contributed by atoms with Crippen LogP contribution in [0, 0.1) is 0 Å². The van der Waals surface area contributed by atoms with E-state index in [0.29, 0.717) is 0 Å². The number of carbonyl (C=O) groups excluding carboxylic acids is 1. The molecule has 1 heterocycles. The lowest BCUT2D eigenvalue weighted by atomic mass is 10.3. The highest BCUT2D eigenvalue weighted by Crippen LogP contribution is 2.13. The van der Waals surface area contributed by atoms with Crippen molar-refractivity contribution in [1.82, 2.24) is 9.88 Å². The molecular weight excluding hydrogens is 258 g/mol. The number of pyridine rings is 1. The molecule has 1 rings (SSSR count). The first-order valence-electron chi connectivity index (χ1n) is 5.70. The maximum atomic E-state index is 12.0. The number of aromatic nitrogens is 1. The molecule has 1 atom stereocenters. The van der Waals surface area contributed by atoms with E-state index in [-0.39, 0.29) is 18.0 Å². The Hall–Kier alpha value is -1.76. The molecule has 19 heavy (non-hydrogen) atoms. The number of hydrogen-bond donors (Lipinski definition) is 1. The van der Waals surface area contributed by atoms with E-state index < -0.39 is 25.0 Å². The van der Waals surface area contributed by atoms with Gasteiger partial charge in [-0.15, -0.1) is 0 Å². The van der Waals surface area contributed by atoms with Crippen LogP contribution in [0.2, 0.25) is 0 Å². The third kappa shape index (κ3) is 5.17. The molecule has 5 nitrogen and oxygen atoms in total. The van der Waals surface area contributed by atoms with E-state index in [0.717, 1.165) is 0 Å². The fourth-order valence-corrected chi connectivity index (χ4v) is 1.45. The third-order valence-corrected chi connectivity index (χ3v) is 2.21. The number of ether oxygens (including phenoxy) is 1. The van der Waals surface area contributed by atoms with Crippen molar-refractivity contribution in [3.8, 4) is 5.75 Å². The van der Waals surface area contributed by atoms with Crippen LogP contribution in [0.3, 0.4) is 0 Å². The van der Waals surface area contributed by atoms with Crippen LogP contribution in [0.25, 0.3) is 0 Å². The number of rotatable bonds is 6. The Balaban J connectivity index is 2.72. The number of alkyl halides is 2. The number of halogens is 2. The van der Waals surface area contributed by atoms with E-state index >= 15 is 0 Å². The summed E-state index contributed by atoms with van der Waals surface area (Å²) in [6.07, 6.45) is -1.93. The van der Waals surface area contributed by atoms with Gasteiger partial charge in [0.25, 0.3) is 12.3 Å². The molecule has 1 N–H and O–H groups in total. The molecule has 0 aromatic carbocycles. The summed E-state index contributed by atoms with van der Waals surface area (Å²) >= 11 is 0. The van der Waals surface area contributed by atoms with Gasteiger partial charge >= 0.3 is 0 Å². The average molecular weight is 274 g/mol. The van der Waals surface area contributed by atoms with Crippen LogP contribution in [0.5, 0.6) is 5.75 Å². The zero-order valence-corrected chi connectivity index (χ0v) is 10.7. The SMILES string of the molecule is CC(O)CN(C)C(=O)c1cc(OCC(F)F)ccn1. The minimum absolute atomic E-state index is 0.0786. The van der Waals surface area contributed by atoms with Crippen LogP contribution in [-0.2, 0) is 0 Å². The summed E-state index contributed by atoms with van der Waals surface area (Å²) in [5.41, 5.74) is 0.0786. The van der Waals surface area contributed by atoms with Crippen molar-refractivity contribution >= 4 is 5.91 Å². The lowest BCUT2D eigenvalue weighted by molar-refractivity contribution is 0.0696. The Morgan fingerprint density at radius 2 is 2.26 bits per heavy atom. The number of amides is 1. The highest BCUT2D eigenvalue weighted by atomic mass is 19.3. The smallest absolute Gasteiger partial charge is 0.272 e. The number of nitrogens with zero attached hydrogens (tertiary/aromatic N) is 2. The molecule has 106 valence electrons. The van der Waals surface area contributed by atoms with Gasteiger partial charge in [-0.25, -0.2) is 8.78 Å². The van der Waals surface area contributed by atoms with E-state index in [4.69, 9.17) is 4.74 Å². The van der Waals surface area contributed by atoms with E-state index in [1.54, 1.807) is 6.92 Å². The van der Waals surface area contributed by atoms with Crippen molar-refractivity contribution in [2.75, 3.05) is 20.2 Å². The highest BCUT2D eigenvalue weighted by molar-refractivity contribution is 5.92. The molecule has 0 saturated carbocycles. The van der Waals surface area contributed by atoms with Crippen molar-refractivity contribution in [3.05, 3.63) is 24.0 Å². The minimum Gasteiger partial charge on any atom is -0.488 e. The quantitative estimate of drug-likeness (QED) is 0.846. The standard InChI is InChI=1S/C12H16F2N2O3/c1-8(17)6-16(2)12(18)10-5-9(3-4-15-10)19-7-11(13)14/h3-5,8,11,17H,6-7H2,1-2H3. The number of aliphatic hydroxyl groups is 1. The summed E-state index contributed by atoms with van der Waals surface area (Å²) in [6, 6.07) is 2.69. The molecule has 0 fully saturated rings. The minimum atomic E-state index is -2.58. The van der Waals surface area contributed by atoms with Gasteiger partial charge in [0.05, 0.1) is 6.10 Å². The molecule has 0 aliphatic carbocycles. The van der Waals surface area contributed by atoms with Gasteiger partial charge in [-0.3, -0.25) is 9.78 Å². The summed E-state index contributed by atoms with van der Waals surface area (Å²) in [4.78, 5) is 17.1. The Bertz CT molecular complexity index is 427. The second-order valence-electron chi connectivity index (χ2n) is 4.11. The van der Waals surface area contributed by atoms with Crippen molar-refractivity contribution < 1.29 is 23.4 Å². The van der Waals surface area contributed by atoms with E-state index in [1.807, 2.05) is 0 Å². The largest absolute Gasteiger partial charge is 0.488 e. The highest BCUT2D eigenvalue weighted by Gasteiger charge is 2.15. The second kappa shape index (κ2) is 6.98. The molecule has 0 aliphatic rings. The summed E-state index contributed by atoms with van der Waals surface area (Å²) < 4.78 is 28.8. The monoisotopic (exact) mass is 274 g/mol. The fraction of sp³-hybridized carbons (Fsp3) is 0.500. The number of carbonyl (C=O) groups is 1. The van der Waals surface area contributed by atoms with Crippen LogP contribution in [-0.4, -0.2) is 53.6 Å². The van der Waals surface area contributed by atoms with Crippen LogP contribution in [0.1, 0.15) is 17.4 Å². The predicted molar refractivity (Wildman–Crippen MR) is 64.4 cm³/mol. The maximum Gasteiger partial charge on any atom is 0.272 e. The summed E-state index contributed by atoms with van der Waals surface area (Å²) in [5, 5.41) is 9.20. The average Bonchev–Trinajstić information content (AvgIpc) is 2.35. The molecule has 1 aromatic rings. The first-order chi connectivity index (χ1) is 8.90. The summed E-state index contributed by atoms with van der Waals surface area (Å²) in [7, 11) is 1.52. The van der Waals surface area contributed by atoms with Crippen molar-refractivity contribution in [3.63, 3.8) is 0 Å². The van der Waals surface area contributed by atoms with Gasteiger partial charge in [-0.05, 0) is 13.0 Å². The third-order valence-electron chi connectivity index (χ3n) is 2.21. The van der Waals surface area contributed by atoms with Gasteiger partial charge in [-0.2, -0.15) is 0 Å². The molecule has 1 unspecified atom stereocenters. The van der Waals surface area contributed by atoms with Gasteiger partial charge in [0.15, 0.2) is 0 Å². The Morgan fingerprint density at radius 1 is 1.58 bits per heavy atom. The van der Waals surface area contributed by atoms with Crippen LogP contribution >= 0.6 is 0 Å². The first kappa shape index (κ1) is 15.3. The van der Waals surface area contributed by atoms with E-state index in [9.17, 15) is 18.7 Å². The lowest BCUT2D eigenvalue weighted by Gasteiger charge is -2.18. The normalized spacial score (nSPS) is 12.3. The lowest BCUT2D eigenvalue weighted by Crippen LogP contribution is -2.33. The number of aliphatic hydroxyl groups excluding tert-OH is 1. The first-order valence-corrected chi connectivity index (χ1v) is 5.70. The molecule has 0 bridgehead atoms. The van der Waals surface area contributed by atoms with E-state index in [1.165, 1.54) is 30.3 Å². The summed E-state index contributed by atoms with van der Waals surface area (Å²) in [6.45, 7) is 0.975. The molecule has 1 aromatic heterocycles. The van der Waals surface area contributed by atoms with E-state index in [2.05, 4.69) is 4.98 Å². The predicted octanol–water partition coefficient (Wildman–Crippen LogP) is 1.18. The van der Waals surface area contributed by atoms with Gasteiger partial charge in [0, 0.05) is 25.9 Å². The molecule has 0 saturated heterocycles. The van der Waals surface area contributed by atoms with Crippen LogP contribution < -0.4 is 4.74 Å². The molecule has 0 spiro atoms. The Labute approximate surface area is 109 Å². The van der Waals surface area contributed by atoms with Crippen LogP contribution in [0.4, 0.5) is 8.78 Å². The van der Waals surface area contributed by atoms with Crippen LogP contribution in [0.15, 0.2) is 18.3 Å². The summed E-state index contributed by atoms with van der Waals surface area (Å²) in [5.74, 6) is -0.257. The number of likely N-dealkylation sites (N-methyl/N-ethyl adjacent to an activating group) is 1. The Kier molecular flexibility index (Phi) is 5.62. The molecule has 0 radical (unpaired) electrons. The molecule has 1 amide bonds.